The minimum Gasteiger partial charge on any atom is -0.360 e. The van der Waals surface area contributed by atoms with Crippen molar-refractivity contribution in [3.8, 4) is 0 Å². The third kappa shape index (κ3) is 4.27. The summed E-state index contributed by atoms with van der Waals surface area (Å²) in [5, 5.41) is 10.6. The van der Waals surface area contributed by atoms with Gasteiger partial charge in [-0.15, -0.1) is 0 Å². The highest BCUT2D eigenvalue weighted by molar-refractivity contribution is 6.31. The maximum absolute atomic E-state index is 6.05. The van der Waals surface area contributed by atoms with Crippen molar-refractivity contribution in [1.29, 1.82) is 0 Å². The van der Waals surface area contributed by atoms with Crippen molar-refractivity contribution in [3.05, 3.63) is 99.5 Å². The number of anilines is 1. The number of rotatable bonds is 3. The molecule has 1 heterocycles. The molecule has 5 heteroatoms. The van der Waals surface area contributed by atoms with E-state index in [1.807, 2.05) is 48.5 Å². The number of aryl methyl sites for hydroxylation is 1. The molecule has 0 aromatic heterocycles. The van der Waals surface area contributed by atoms with Crippen LogP contribution in [0.2, 0.25) is 10.0 Å². The van der Waals surface area contributed by atoms with Gasteiger partial charge in [-0.1, -0.05) is 65.2 Å². The van der Waals surface area contributed by atoms with Crippen LogP contribution in [0, 0.1) is 6.92 Å². The minimum atomic E-state index is 0.658. The van der Waals surface area contributed by atoms with Crippen LogP contribution in [0.1, 0.15) is 16.7 Å². The molecule has 0 spiro atoms. The van der Waals surface area contributed by atoms with Gasteiger partial charge in [0.2, 0.25) is 0 Å². The molecule has 0 radical (unpaired) electrons. The van der Waals surface area contributed by atoms with Gasteiger partial charge in [0.05, 0.1) is 24.5 Å². The van der Waals surface area contributed by atoms with Crippen LogP contribution in [-0.4, -0.2) is 24.5 Å². The lowest BCUT2D eigenvalue weighted by Crippen LogP contribution is -2.33. The van der Waals surface area contributed by atoms with Gasteiger partial charge in [-0.3, -0.25) is 0 Å². The van der Waals surface area contributed by atoms with Crippen molar-refractivity contribution < 1.29 is 0 Å². The standard InChI is InChI=1S/C23H19Cl2N3/c1-16-2-12-21(13-3-16)28-14-22(17-4-8-19(24)9-5-17)26-27-23(15-28)18-6-10-20(25)11-7-18/h2-13H,14-15H2,1H3. The maximum atomic E-state index is 6.05. The molecule has 1 aliphatic rings. The van der Waals surface area contributed by atoms with Crippen LogP contribution >= 0.6 is 23.2 Å². The van der Waals surface area contributed by atoms with Crippen LogP contribution < -0.4 is 4.90 Å². The van der Waals surface area contributed by atoms with Gasteiger partial charge in [-0.05, 0) is 54.4 Å². The third-order valence-electron chi connectivity index (χ3n) is 4.73. The molecule has 4 rings (SSSR count). The van der Waals surface area contributed by atoms with Gasteiger partial charge in [0.25, 0.3) is 0 Å². The van der Waals surface area contributed by atoms with E-state index in [0.717, 1.165) is 28.2 Å². The van der Waals surface area contributed by atoms with Crippen LogP contribution in [0.15, 0.2) is 83.0 Å². The number of hydrogen-bond acceptors (Lipinski definition) is 3. The molecular formula is C23H19Cl2N3. The predicted molar refractivity (Wildman–Crippen MR) is 119 cm³/mol. The van der Waals surface area contributed by atoms with Gasteiger partial charge in [-0.2, -0.15) is 10.2 Å². The van der Waals surface area contributed by atoms with E-state index in [0.29, 0.717) is 23.1 Å². The molecule has 0 unspecified atom stereocenters. The molecule has 0 saturated heterocycles. The Morgan fingerprint density at radius 1 is 0.643 bits per heavy atom. The fourth-order valence-corrected chi connectivity index (χ4v) is 3.37. The third-order valence-corrected chi connectivity index (χ3v) is 5.23. The SMILES string of the molecule is Cc1ccc(N2CC(c3ccc(Cl)cc3)=NN=C(c3ccc(Cl)cc3)C2)cc1. The first-order valence-electron chi connectivity index (χ1n) is 9.05. The lowest BCUT2D eigenvalue weighted by molar-refractivity contribution is 1.01. The zero-order valence-corrected chi connectivity index (χ0v) is 17.0. The number of halogens is 2. The predicted octanol–water partition coefficient (Wildman–Crippen LogP) is 6.02. The molecule has 0 amide bonds. The zero-order valence-electron chi connectivity index (χ0n) is 15.4. The molecule has 3 nitrogen and oxygen atoms in total. The Labute approximate surface area is 174 Å². The highest BCUT2D eigenvalue weighted by atomic mass is 35.5. The quantitative estimate of drug-likeness (QED) is 0.521. The van der Waals surface area contributed by atoms with Gasteiger partial charge in [0.1, 0.15) is 0 Å². The van der Waals surface area contributed by atoms with E-state index < -0.39 is 0 Å². The van der Waals surface area contributed by atoms with Crippen LogP contribution in [-0.2, 0) is 0 Å². The summed E-state index contributed by atoms with van der Waals surface area (Å²) in [6.07, 6.45) is 0. The normalized spacial score (nSPS) is 14.3. The van der Waals surface area contributed by atoms with E-state index in [-0.39, 0.29) is 0 Å². The first kappa shape index (κ1) is 18.7. The molecule has 0 bridgehead atoms. The second kappa shape index (κ2) is 8.17. The fourth-order valence-electron chi connectivity index (χ4n) is 3.12. The highest BCUT2D eigenvalue weighted by Crippen LogP contribution is 2.21. The summed E-state index contributed by atoms with van der Waals surface area (Å²) >= 11 is 12.1. The molecule has 0 N–H and O–H groups in total. The van der Waals surface area contributed by atoms with E-state index in [1.165, 1.54) is 5.56 Å². The zero-order chi connectivity index (χ0) is 19.5. The van der Waals surface area contributed by atoms with E-state index in [2.05, 4.69) is 46.3 Å². The molecule has 3 aromatic rings. The van der Waals surface area contributed by atoms with Gasteiger partial charge in [0.15, 0.2) is 0 Å². The number of hydrogen-bond donors (Lipinski definition) is 0. The fraction of sp³-hybridized carbons (Fsp3) is 0.130. The molecule has 3 aromatic carbocycles. The summed E-state index contributed by atoms with van der Waals surface area (Å²) in [5.41, 5.74) is 6.21. The van der Waals surface area contributed by atoms with E-state index in [1.54, 1.807) is 0 Å². The molecule has 1 aliphatic heterocycles. The summed E-state index contributed by atoms with van der Waals surface area (Å²) in [6.45, 7) is 3.41. The van der Waals surface area contributed by atoms with Gasteiger partial charge < -0.3 is 4.90 Å². The Bertz CT molecular complexity index is 957. The van der Waals surface area contributed by atoms with Crippen molar-refractivity contribution in [3.63, 3.8) is 0 Å². The van der Waals surface area contributed by atoms with Gasteiger partial charge in [-0.25, -0.2) is 0 Å². The lowest BCUT2D eigenvalue weighted by atomic mass is 10.1. The van der Waals surface area contributed by atoms with Crippen LogP contribution in [0.25, 0.3) is 0 Å². The monoisotopic (exact) mass is 407 g/mol. The molecule has 0 fully saturated rings. The first-order valence-corrected chi connectivity index (χ1v) is 9.81. The summed E-state index contributed by atoms with van der Waals surface area (Å²) in [4.78, 5) is 2.29. The Hall–Kier alpha value is -2.62. The van der Waals surface area contributed by atoms with E-state index in [9.17, 15) is 0 Å². The van der Waals surface area contributed by atoms with Crippen LogP contribution in [0.4, 0.5) is 5.69 Å². The maximum Gasteiger partial charge on any atom is 0.0896 e. The second-order valence-electron chi connectivity index (χ2n) is 6.80. The van der Waals surface area contributed by atoms with Crippen molar-refractivity contribution >= 4 is 40.3 Å². The average Bonchev–Trinajstić information content (AvgIpc) is 2.93. The largest absolute Gasteiger partial charge is 0.360 e. The summed E-state index contributed by atoms with van der Waals surface area (Å²) < 4.78 is 0. The minimum absolute atomic E-state index is 0.658. The van der Waals surface area contributed by atoms with Gasteiger partial charge in [0, 0.05) is 15.7 Å². The Kier molecular flexibility index (Phi) is 5.47. The van der Waals surface area contributed by atoms with E-state index in [4.69, 9.17) is 23.2 Å². The molecule has 0 aliphatic carbocycles. The molecule has 0 atom stereocenters. The Balaban J connectivity index is 1.74. The second-order valence-corrected chi connectivity index (χ2v) is 7.67. The summed E-state index contributed by atoms with van der Waals surface area (Å²) in [7, 11) is 0. The van der Waals surface area contributed by atoms with E-state index >= 15 is 0 Å². The lowest BCUT2D eigenvalue weighted by Gasteiger charge is -2.24. The number of benzene rings is 3. The van der Waals surface area contributed by atoms with Crippen molar-refractivity contribution in [1.82, 2.24) is 0 Å². The average molecular weight is 408 g/mol. The Morgan fingerprint density at radius 2 is 1.07 bits per heavy atom. The van der Waals surface area contributed by atoms with Crippen LogP contribution in [0.5, 0.6) is 0 Å². The Morgan fingerprint density at radius 3 is 1.50 bits per heavy atom. The topological polar surface area (TPSA) is 28.0 Å². The van der Waals surface area contributed by atoms with Crippen molar-refractivity contribution in [2.45, 2.75) is 6.92 Å². The highest BCUT2D eigenvalue weighted by Gasteiger charge is 2.19. The molecular weight excluding hydrogens is 389 g/mol. The molecule has 28 heavy (non-hydrogen) atoms. The van der Waals surface area contributed by atoms with Crippen molar-refractivity contribution in [2.24, 2.45) is 10.2 Å². The summed E-state index contributed by atoms with van der Waals surface area (Å²) in [6, 6.07) is 24.0. The van der Waals surface area contributed by atoms with Gasteiger partial charge >= 0.3 is 0 Å². The summed E-state index contributed by atoms with van der Waals surface area (Å²) in [5.74, 6) is 0. The first-order chi connectivity index (χ1) is 13.6. The number of nitrogens with zero attached hydrogens (tertiary/aromatic N) is 3. The van der Waals surface area contributed by atoms with Crippen molar-refractivity contribution in [2.75, 3.05) is 18.0 Å². The molecule has 140 valence electrons. The molecule has 0 saturated carbocycles. The van der Waals surface area contributed by atoms with Crippen LogP contribution in [0.3, 0.4) is 0 Å². The smallest absolute Gasteiger partial charge is 0.0896 e.